The predicted octanol–water partition coefficient (Wildman–Crippen LogP) is 2.63. The van der Waals surface area contributed by atoms with Crippen molar-refractivity contribution in [1.29, 1.82) is 0 Å². The molecule has 2 N–H and O–H groups in total. The van der Waals surface area contributed by atoms with E-state index in [0.717, 1.165) is 25.9 Å². The van der Waals surface area contributed by atoms with Crippen LogP contribution in [0, 0.1) is 5.82 Å². The fourth-order valence-electron chi connectivity index (χ4n) is 3.71. The molecular weight excluding hydrogens is 413 g/mol. The molecule has 1 fully saturated rings. The molecule has 32 heavy (non-hydrogen) atoms. The highest BCUT2D eigenvalue weighted by Gasteiger charge is 2.20. The number of nitrogens with zero attached hydrogens (tertiary/aromatic N) is 3. The number of nitrogens with one attached hydrogen (secondary N) is 2. The molecule has 2 aromatic heterocycles. The van der Waals surface area contributed by atoms with Crippen molar-refractivity contribution >= 4 is 11.9 Å². The molecule has 9 heteroatoms. The van der Waals surface area contributed by atoms with E-state index in [0.29, 0.717) is 28.6 Å². The maximum atomic E-state index is 13.5. The standard InChI is InChI=1S/C23H24FN5O3/c1-32-21-9-6-16(14-25-21)22(31)27-19(15-4-7-17(24)8-5-15)12-18-13-20(30)28-23(26-18)29-10-2-3-11-29/h4-9,13-14,19H,2-3,10-12H2,1H3,(H,27,31)(H,26,28,30)/t19-/m0/s1. The molecule has 8 nitrogen and oxygen atoms in total. The van der Waals surface area contributed by atoms with Gasteiger partial charge in [-0.15, -0.1) is 0 Å². The quantitative estimate of drug-likeness (QED) is 0.590. The van der Waals surface area contributed by atoms with Crippen LogP contribution in [0.25, 0.3) is 0 Å². The van der Waals surface area contributed by atoms with Crippen molar-refractivity contribution in [3.8, 4) is 5.88 Å². The molecule has 3 heterocycles. The average Bonchev–Trinajstić information content (AvgIpc) is 3.34. The van der Waals surface area contributed by atoms with Crippen LogP contribution in [-0.2, 0) is 6.42 Å². The van der Waals surface area contributed by atoms with Gasteiger partial charge in [-0.2, -0.15) is 0 Å². The molecule has 0 saturated carbocycles. The Morgan fingerprint density at radius 1 is 1.22 bits per heavy atom. The molecule has 0 aliphatic carbocycles. The summed E-state index contributed by atoms with van der Waals surface area (Å²) in [5.41, 5.74) is 1.35. The van der Waals surface area contributed by atoms with E-state index < -0.39 is 6.04 Å². The van der Waals surface area contributed by atoms with Gasteiger partial charge in [0.2, 0.25) is 11.8 Å². The van der Waals surface area contributed by atoms with E-state index in [-0.39, 0.29) is 23.7 Å². The lowest BCUT2D eigenvalue weighted by Gasteiger charge is -2.21. The van der Waals surface area contributed by atoms with E-state index in [4.69, 9.17) is 4.74 Å². The Balaban J connectivity index is 1.60. The normalized spacial score (nSPS) is 14.2. The number of amides is 1. The van der Waals surface area contributed by atoms with Crippen molar-refractivity contribution in [2.24, 2.45) is 0 Å². The van der Waals surface area contributed by atoms with Crippen molar-refractivity contribution in [2.75, 3.05) is 25.1 Å². The molecule has 0 spiro atoms. The monoisotopic (exact) mass is 437 g/mol. The smallest absolute Gasteiger partial charge is 0.253 e. The minimum absolute atomic E-state index is 0.250. The zero-order chi connectivity index (χ0) is 22.5. The third-order valence-electron chi connectivity index (χ3n) is 5.39. The second kappa shape index (κ2) is 9.59. The topological polar surface area (TPSA) is 100 Å². The highest BCUT2D eigenvalue weighted by Crippen LogP contribution is 2.21. The first-order valence-corrected chi connectivity index (χ1v) is 10.4. The molecule has 1 atom stereocenters. The number of aromatic nitrogens is 3. The first kappa shape index (κ1) is 21.5. The van der Waals surface area contributed by atoms with Crippen LogP contribution < -0.4 is 20.5 Å². The van der Waals surface area contributed by atoms with Gasteiger partial charge in [-0.25, -0.2) is 14.4 Å². The van der Waals surface area contributed by atoms with Gasteiger partial charge in [-0.3, -0.25) is 14.6 Å². The third-order valence-corrected chi connectivity index (χ3v) is 5.39. The van der Waals surface area contributed by atoms with Gasteiger partial charge in [0.1, 0.15) is 5.82 Å². The van der Waals surface area contributed by atoms with Gasteiger partial charge < -0.3 is 15.0 Å². The number of rotatable bonds is 7. The summed E-state index contributed by atoms with van der Waals surface area (Å²) in [6.07, 6.45) is 3.80. The first-order chi connectivity index (χ1) is 15.5. The zero-order valence-electron chi connectivity index (χ0n) is 17.7. The Kier molecular flexibility index (Phi) is 6.44. The number of halogens is 1. The number of aromatic amines is 1. The number of ether oxygens (including phenoxy) is 1. The van der Waals surface area contributed by atoms with Crippen LogP contribution in [0.2, 0.25) is 0 Å². The fraction of sp³-hybridized carbons (Fsp3) is 0.304. The number of hydrogen-bond donors (Lipinski definition) is 2. The number of carbonyl (C=O) groups excluding carboxylic acids is 1. The van der Waals surface area contributed by atoms with E-state index in [1.807, 2.05) is 4.90 Å². The summed E-state index contributed by atoms with van der Waals surface area (Å²) < 4.78 is 18.5. The maximum absolute atomic E-state index is 13.5. The van der Waals surface area contributed by atoms with Crippen molar-refractivity contribution in [3.05, 3.63) is 81.7 Å². The summed E-state index contributed by atoms with van der Waals surface area (Å²) in [5.74, 6) is 0.218. The molecule has 1 amide bonds. The number of H-pyrrole nitrogens is 1. The molecule has 3 aromatic rings. The summed E-state index contributed by atoms with van der Waals surface area (Å²) in [6, 6.07) is 10.0. The average molecular weight is 437 g/mol. The molecule has 1 saturated heterocycles. The highest BCUT2D eigenvalue weighted by atomic mass is 19.1. The number of hydrogen-bond acceptors (Lipinski definition) is 6. The summed E-state index contributed by atoms with van der Waals surface area (Å²) in [7, 11) is 1.50. The van der Waals surface area contributed by atoms with Crippen molar-refractivity contribution in [2.45, 2.75) is 25.3 Å². The fourth-order valence-corrected chi connectivity index (χ4v) is 3.71. The second-order valence-electron chi connectivity index (χ2n) is 7.63. The summed E-state index contributed by atoms with van der Waals surface area (Å²) in [5, 5.41) is 2.96. The van der Waals surface area contributed by atoms with Crippen LogP contribution in [0.3, 0.4) is 0 Å². The molecule has 0 unspecified atom stereocenters. The van der Waals surface area contributed by atoms with E-state index in [1.165, 1.54) is 31.5 Å². The van der Waals surface area contributed by atoms with Gasteiger partial charge in [0.05, 0.1) is 24.4 Å². The summed E-state index contributed by atoms with van der Waals surface area (Å²) >= 11 is 0. The molecule has 1 aliphatic heterocycles. The van der Waals surface area contributed by atoms with Crippen LogP contribution >= 0.6 is 0 Å². The van der Waals surface area contributed by atoms with Gasteiger partial charge >= 0.3 is 0 Å². The van der Waals surface area contributed by atoms with Crippen LogP contribution in [0.4, 0.5) is 10.3 Å². The minimum Gasteiger partial charge on any atom is -0.481 e. The lowest BCUT2D eigenvalue weighted by Crippen LogP contribution is -2.31. The molecule has 0 bridgehead atoms. The Bertz CT molecular complexity index is 1130. The van der Waals surface area contributed by atoms with E-state index in [1.54, 1.807) is 24.3 Å². The van der Waals surface area contributed by atoms with Crippen LogP contribution in [0.1, 0.15) is 40.5 Å². The van der Waals surface area contributed by atoms with E-state index in [9.17, 15) is 14.0 Å². The van der Waals surface area contributed by atoms with Gasteiger partial charge in [0.15, 0.2) is 0 Å². The molecular formula is C23H24FN5O3. The minimum atomic E-state index is -0.522. The summed E-state index contributed by atoms with van der Waals surface area (Å²) in [6.45, 7) is 1.68. The Morgan fingerprint density at radius 2 is 1.97 bits per heavy atom. The van der Waals surface area contributed by atoms with Gasteiger partial charge in [0, 0.05) is 37.8 Å². The van der Waals surface area contributed by atoms with Crippen molar-refractivity contribution in [3.63, 3.8) is 0 Å². The third kappa shape index (κ3) is 5.11. The number of benzene rings is 1. The van der Waals surface area contributed by atoms with Crippen molar-refractivity contribution < 1.29 is 13.9 Å². The van der Waals surface area contributed by atoms with Crippen LogP contribution in [-0.4, -0.2) is 41.1 Å². The Morgan fingerprint density at radius 3 is 2.62 bits per heavy atom. The van der Waals surface area contributed by atoms with Gasteiger partial charge in [-0.1, -0.05) is 12.1 Å². The zero-order valence-corrected chi connectivity index (χ0v) is 17.7. The highest BCUT2D eigenvalue weighted by molar-refractivity contribution is 5.94. The van der Waals surface area contributed by atoms with Crippen molar-refractivity contribution in [1.82, 2.24) is 20.3 Å². The van der Waals surface area contributed by atoms with Gasteiger partial charge in [0.25, 0.3) is 11.5 Å². The lowest BCUT2D eigenvalue weighted by atomic mass is 10.0. The van der Waals surface area contributed by atoms with E-state index >= 15 is 0 Å². The Labute approximate surface area is 184 Å². The largest absolute Gasteiger partial charge is 0.481 e. The number of pyridine rings is 1. The van der Waals surface area contributed by atoms with Crippen LogP contribution in [0.5, 0.6) is 5.88 Å². The molecule has 4 rings (SSSR count). The SMILES string of the molecule is COc1ccc(C(=O)N[C@@H](Cc2cc(=O)[nH]c(N3CCCC3)n2)c2ccc(F)cc2)cn1. The van der Waals surface area contributed by atoms with E-state index in [2.05, 4.69) is 20.3 Å². The molecule has 1 aromatic carbocycles. The maximum Gasteiger partial charge on any atom is 0.253 e. The lowest BCUT2D eigenvalue weighted by molar-refractivity contribution is 0.0936. The molecule has 0 radical (unpaired) electrons. The number of anilines is 1. The van der Waals surface area contributed by atoms with Crippen LogP contribution in [0.15, 0.2) is 53.5 Å². The Hall–Kier alpha value is -3.75. The number of carbonyl (C=O) groups is 1. The molecule has 1 aliphatic rings. The van der Waals surface area contributed by atoms with Gasteiger partial charge in [-0.05, 0) is 36.6 Å². The summed E-state index contributed by atoms with van der Waals surface area (Å²) in [4.78, 5) is 38.6. The molecule has 166 valence electrons. The first-order valence-electron chi connectivity index (χ1n) is 10.4. The predicted molar refractivity (Wildman–Crippen MR) is 117 cm³/mol. The second-order valence-corrected chi connectivity index (χ2v) is 7.63. The number of methoxy groups -OCH3 is 1.